The van der Waals surface area contributed by atoms with E-state index in [0.29, 0.717) is 11.5 Å². The van der Waals surface area contributed by atoms with E-state index in [4.69, 9.17) is 5.73 Å². The lowest BCUT2D eigenvalue weighted by molar-refractivity contribution is -0.137. The predicted molar refractivity (Wildman–Crippen MR) is 69.7 cm³/mol. The Bertz CT molecular complexity index is 424. The van der Waals surface area contributed by atoms with Crippen LogP contribution in [0.25, 0.3) is 0 Å². The van der Waals surface area contributed by atoms with Gasteiger partial charge in [-0.1, -0.05) is 19.1 Å². The molecule has 0 heterocycles. The van der Waals surface area contributed by atoms with Crippen LogP contribution in [0.3, 0.4) is 0 Å². The van der Waals surface area contributed by atoms with Crippen molar-refractivity contribution in [3.05, 3.63) is 35.4 Å². The van der Waals surface area contributed by atoms with Crippen LogP contribution in [0.5, 0.6) is 0 Å². The molecular weight excluding hydrogens is 255 g/mol. The Balaban J connectivity index is 2.61. The monoisotopic (exact) mass is 273 g/mol. The fourth-order valence-corrected chi connectivity index (χ4v) is 1.38. The number of guanidine groups is 1. The van der Waals surface area contributed by atoms with Gasteiger partial charge in [0.2, 0.25) is 0 Å². The zero-order valence-corrected chi connectivity index (χ0v) is 11.0. The number of rotatable bonds is 4. The molecule has 0 aromatic heterocycles. The lowest BCUT2D eigenvalue weighted by atomic mass is 10.1. The van der Waals surface area contributed by atoms with Gasteiger partial charge in [-0.05, 0) is 31.0 Å². The zero-order chi connectivity index (χ0) is 14.5. The van der Waals surface area contributed by atoms with Crippen molar-refractivity contribution in [1.29, 1.82) is 0 Å². The maximum atomic E-state index is 12.4. The van der Waals surface area contributed by atoms with E-state index in [0.717, 1.165) is 18.6 Å². The number of aliphatic imine (C=N–C) groups is 1. The van der Waals surface area contributed by atoms with Gasteiger partial charge in [-0.25, -0.2) is 4.99 Å². The minimum Gasteiger partial charge on any atom is -0.370 e. The minimum absolute atomic E-state index is 0.219. The number of alkyl halides is 3. The lowest BCUT2D eigenvalue weighted by Crippen LogP contribution is -2.38. The third kappa shape index (κ3) is 5.19. The van der Waals surface area contributed by atoms with Crippen LogP contribution in [0.1, 0.15) is 31.4 Å². The summed E-state index contributed by atoms with van der Waals surface area (Å²) in [6.45, 7) is 4.24. The molecular formula is C13H18F3N3. The third-order valence-corrected chi connectivity index (χ3v) is 2.72. The van der Waals surface area contributed by atoms with E-state index in [9.17, 15) is 13.2 Å². The number of nitrogens with zero attached hydrogens (tertiary/aromatic N) is 1. The van der Waals surface area contributed by atoms with Crippen molar-refractivity contribution in [3.63, 3.8) is 0 Å². The summed E-state index contributed by atoms with van der Waals surface area (Å²) in [6, 6.07) is 5.12. The van der Waals surface area contributed by atoms with Gasteiger partial charge in [0.1, 0.15) is 0 Å². The first-order valence-electron chi connectivity index (χ1n) is 6.05. The summed E-state index contributed by atoms with van der Waals surface area (Å²) in [5, 5.41) is 2.98. The summed E-state index contributed by atoms with van der Waals surface area (Å²) in [7, 11) is 0. The van der Waals surface area contributed by atoms with Crippen LogP contribution in [-0.4, -0.2) is 12.0 Å². The van der Waals surface area contributed by atoms with Crippen LogP contribution >= 0.6 is 0 Å². The van der Waals surface area contributed by atoms with Gasteiger partial charge >= 0.3 is 6.18 Å². The van der Waals surface area contributed by atoms with Crippen LogP contribution in [0.2, 0.25) is 0 Å². The summed E-state index contributed by atoms with van der Waals surface area (Å²) in [6.07, 6.45) is -3.39. The predicted octanol–water partition coefficient (Wildman–Crippen LogP) is 2.91. The molecule has 0 amide bonds. The average Bonchev–Trinajstić information content (AvgIpc) is 2.35. The lowest BCUT2D eigenvalue weighted by Gasteiger charge is -2.11. The molecule has 0 aliphatic carbocycles. The molecule has 0 saturated heterocycles. The number of nitrogens with two attached hydrogens (primary N) is 1. The molecule has 0 radical (unpaired) electrons. The van der Waals surface area contributed by atoms with Crippen molar-refractivity contribution in [2.45, 2.75) is 39.0 Å². The Morgan fingerprint density at radius 3 is 2.37 bits per heavy atom. The van der Waals surface area contributed by atoms with E-state index in [-0.39, 0.29) is 12.6 Å². The third-order valence-electron chi connectivity index (χ3n) is 2.72. The first-order valence-corrected chi connectivity index (χ1v) is 6.05. The average molecular weight is 273 g/mol. The number of hydrogen-bond acceptors (Lipinski definition) is 1. The quantitative estimate of drug-likeness (QED) is 0.654. The molecule has 0 spiro atoms. The Hall–Kier alpha value is -1.72. The van der Waals surface area contributed by atoms with Crippen molar-refractivity contribution < 1.29 is 13.2 Å². The van der Waals surface area contributed by atoms with Gasteiger partial charge in [-0.2, -0.15) is 13.2 Å². The number of hydrogen-bond donors (Lipinski definition) is 2. The van der Waals surface area contributed by atoms with E-state index in [1.165, 1.54) is 12.1 Å². The second-order valence-corrected chi connectivity index (χ2v) is 4.35. The van der Waals surface area contributed by atoms with Crippen molar-refractivity contribution >= 4 is 5.96 Å². The van der Waals surface area contributed by atoms with Crippen LogP contribution in [-0.2, 0) is 12.7 Å². The molecule has 1 unspecified atom stereocenters. The molecule has 1 aromatic carbocycles. The molecule has 0 aliphatic heterocycles. The van der Waals surface area contributed by atoms with E-state index >= 15 is 0 Å². The fraction of sp³-hybridized carbons (Fsp3) is 0.462. The van der Waals surface area contributed by atoms with Crippen LogP contribution in [0.15, 0.2) is 29.3 Å². The molecule has 0 bridgehead atoms. The summed E-state index contributed by atoms with van der Waals surface area (Å²) in [5.41, 5.74) is 5.68. The fourth-order valence-electron chi connectivity index (χ4n) is 1.38. The summed E-state index contributed by atoms with van der Waals surface area (Å²) >= 11 is 0. The van der Waals surface area contributed by atoms with Crippen molar-refractivity contribution in [2.24, 2.45) is 10.7 Å². The molecule has 1 rings (SSSR count). The molecule has 6 heteroatoms. The van der Waals surface area contributed by atoms with Crippen LogP contribution in [0.4, 0.5) is 13.2 Å². The molecule has 1 atom stereocenters. The van der Waals surface area contributed by atoms with Crippen molar-refractivity contribution in [1.82, 2.24) is 5.32 Å². The number of benzene rings is 1. The van der Waals surface area contributed by atoms with Gasteiger partial charge in [-0.15, -0.1) is 0 Å². The summed E-state index contributed by atoms with van der Waals surface area (Å²) < 4.78 is 37.1. The topological polar surface area (TPSA) is 50.4 Å². The minimum atomic E-state index is -4.31. The zero-order valence-electron chi connectivity index (χ0n) is 11.0. The standard InChI is InChI=1S/C13H18F3N3/c1-3-9(2)19-12(17)18-8-10-4-6-11(7-5-10)13(14,15)16/h4-7,9H,3,8H2,1-2H3,(H3,17,18,19). The number of halogens is 3. The van der Waals surface area contributed by atoms with Gasteiger partial charge in [0, 0.05) is 6.04 Å². The molecule has 0 fully saturated rings. The first kappa shape index (κ1) is 15.3. The second-order valence-electron chi connectivity index (χ2n) is 4.35. The number of nitrogens with one attached hydrogen (secondary N) is 1. The maximum Gasteiger partial charge on any atom is 0.416 e. The highest BCUT2D eigenvalue weighted by molar-refractivity contribution is 5.78. The molecule has 19 heavy (non-hydrogen) atoms. The van der Waals surface area contributed by atoms with Gasteiger partial charge in [0.25, 0.3) is 0 Å². The normalized spacial score (nSPS) is 14.3. The molecule has 3 nitrogen and oxygen atoms in total. The highest BCUT2D eigenvalue weighted by Crippen LogP contribution is 2.29. The van der Waals surface area contributed by atoms with E-state index in [1.54, 1.807) is 0 Å². The molecule has 106 valence electrons. The van der Waals surface area contributed by atoms with Crippen LogP contribution in [0, 0.1) is 0 Å². The smallest absolute Gasteiger partial charge is 0.370 e. The Morgan fingerprint density at radius 1 is 1.32 bits per heavy atom. The second kappa shape index (κ2) is 6.45. The van der Waals surface area contributed by atoms with Crippen molar-refractivity contribution in [3.8, 4) is 0 Å². The largest absolute Gasteiger partial charge is 0.416 e. The first-order chi connectivity index (χ1) is 8.82. The van der Waals surface area contributed by atoms with Gasteiger partial charge < -0.3 is 11.1 Å². The molecule has 0 aliphatic rings. The highest BCUT2D eigenvalue weighted by Gasteiger charge is 2.29. The van der Waals surface area contributed by atoms with Crippen LogP contribution < -0.4 is 11.1 Å². The Labute approximate surface area is 110 Å². The van der Waals surface area contributed by atoms with Gasteiger partial charge in [0.15, 0.2) is 5.96 Å². The Morgan fingerprint density at radius 2 is 1.89 bits per heavy atom. The van der Waals surface area contributed by atoms with E-state index in [1.807, 2.05) is 13.8 Å². The Kier molecular flexibility index (Phi) is 5.20. The summed E-state index contributed by atoms with van der Waals surface area (Å²) in [4.78, 5) is 4.08. The SMILES string of the molecule is CCC(C)NC(N)=NCc1ccc(C(F)(F)F)cc1. The maximum absolute atomic E-state index is 12.4. The molecule has 3 N–H and O–H groups in total. The molecule has 1 aromatic rings. The van der Waals surface area contributed by atoms with Crippen molar-refractivity contribution in [2.75, 3.05) is 0 Å². The van der Waals surface area contributed by atoms with Gasteiger partial charge in [0.05, 0.1) is 12.1 Å². The molecule has 0 saturated carbocycles. The summed E-state index contributed by atoms with van der Waals surface area (Å²) in [5.74, 6) is 0.300. The van der Waals surface area contributed by atoms with E-state index < -0.39 is 11.7 Å². The van der Waals surface area contributed by atoms with E-state index in [2.05, 4.69) is 10.3 Å². The van der Waals surface area contributed by atoms with Gasteiger partial charge in [-0.3, -0.25) is 0 Å². The highest BCUT2D eigenvalue weighted by atomic mass is 19.4.